The van der Waals surface area contributed by atoms with Gasteiger partial charge in [0.2, 0.25) is 11.8 Å². The van der Waals surface area contributed by atoms with Gasteiger partial charge in [-0.25, -0.2) is 4.68 Å². The van der Waals surface area contributed by atoms with Crippen LogP contribution in [0.4, 0.5) is 11.4 Å². The van der Waals surface area contributed by atoms with Crippen LogP contribution >= 0.6 is 11.6 Å². The Labute approximate surface area is 185 Å². The largest absolute Gasteiger partial charge is 0.324 e. The normalized spacial score (nSPS) is 10.7. The molecule has 1 heterocycles. The van der Waals surface area contributed by atoms with Gasteiger partial charge in [0.05, 0.1) is 5.69 Å². The molecule has 0 aliphatic carbocycles. The molecule has 0 atom stereocenters. The summed E-state index contributed by atoms with van der Waals surface area (Å²) in [4.78, 5) is 37.7. The summed E-state index contributed by atoms with van der Waals surface area (Å²) in [7, 11) is 0. The summed E-state index contributed by atoms with van der Waals surface area (Å²) in [6.07, 6.45) is 0. The maximum atomic E-state index is 12.9. The van der Waals surface area contributed by atoms with Gasteiger partial charge < -0.3 is 10.6 Å². The van der Waals surface area contributed by atoms with Crippen LogP contribution in [0.25, 0.3) is 11.3 Å². The molecule has 3 rings (SSSR count). The Hall–Kier alpha value is -3.45. The van der Waals surface area contributed by atoms with E-state index in [2.05, 4.69) is 15.7 Å². The number of benzene rings is 2. The Morgan fingerprint density at radius 2 is 1.74 bits per heavy atom. The number of nitrogens with one attached hydrogen (secondary N) is 2. The summed E-state index contributed by atoms with van der Waals surface area (Å²) >= 11 is 6.11. The topological polar surface area (TPSA) is 93.1 Å². The molecule has 0 radical (unpaired) electrons. The van der Waals surface area contributed by atoms with Crippen LogP contribution in [-0.2, 0) is 16.1 Å². The standard InChI is InChI=1S/C23H23ClN4O3/c1-14(2)22(30)26-20-12-19(16-8-5-4-6-9-16)27-28(23(20)31)13-21(29)25-18-11-7-10-17(24)15(18)3/h4-12,14H,13H2,1-3H3,(H,25,29)(H,26,30). The van der Waals surface area contributed by atoms with Gasteiger partial charge in [0.15, 0.2) is 0 Å². The van der Waals surface area contributed by atoms with Gasteiger partial charge in [0.1, 0.15) is 12.2 Å². The minimum Gasteiger partial charge on any atom is -0.324 e. The first kappa shape index (κ1) is 22.2. The van der Waals surface area contributed by atoms with Gasteiger partial charge in [0.25, 0.3) is 5.56 Å². The van der Waals surface area contributed by atoms with Gasteiger partial charge in [-0.3, -0.25) is 14.4 Å². The van der Waals surface area contributed by atoms with Crippen LogP contribution in [0.5, 0.6) is 0 Å². The maximum absolute atomic E-state index is 12.9. The van der Waals surface area contributed by atoms with Gasteiger partial charge in [0, 0.05) is 22.2 Å². The molecule has 0 saturated carbocycles. The number of hydrogen-bond acceptors (Lipinski definition) is 4. The zero-order valence-electron chi connectivity index (χ0n) is 17.5. The van der Waals surface area contributed by atoms with Crippen LogP contribution in [0, 0.1) is 12.8 Å². The van der Waals surface area contributed by atoms with Crippen LogP contribution < -0.4 is 16.2 Å². The van der Waals surface area contributed by atoms with Gasteiger partial charge in [-0.1, -0.05) is 61.8 Å². The highest BCUT2D eigenvalue weighted by Crippen LogP contribution is 2.23. The lowest BCUT2D eigenvalue weighted by atomic mass is 10.1. The van der Waals surface area contributed by atoms with Gasteiger partial charge >= 0.3 is 0 Å². The third-order valence-electron chi connectivity index (χ3n) is 4.66. The number of aromatic nitrogens is 2. The minimum absolute atomic E-state index is 0.0688. The fraction of sp³-hybridized carbons (Fsp3) is 0.217. The molecule has 7 nitrogen and oxygen atoms in total. The average molecular weight is 439 g/mol. The molecule has 0 saturated heterocycles. The predicted octanol–water partition coefficient (Wildman–Crippen LogP) is 4.11. The van der Waals surface area contributed by atoms with E-state index in [0.717, 1.165) is 15.8 Å². The second-order valence-electron chi connectivity index (χ2n) is 7.38. The Kier molecular flexibility index (Phi) is 6.87. The summed E-state index contributed by atoms with van der Waals surface area (Å²) in [6.45, 7) is 4.93. The van der Waals surface area contributed by atoms with E-state index in [1.165, 1.54) is 6.07 Å². The van der Waals surface area contributed by atoms with Crippen molar-refractivity contribution >= 4 is 34.8 Å². The summed E-state index contributed by atoms with van der Waals surface area (Å²) in [6, 6.07) is 15.9. The molecule has 0 aliphatic heterocycles. The number of anilines is 2. The molecule has 2 aromatic carbocycles. The summed E-state index contributed by atoms with van der Waals surface area (Å²) in [5.74, 6) is -1.05. The molecule has 0 spiro atoms. The molecule has 0 aliphatic rings. The van der Waals surface area contributed by atoms with Crippen LogP contribution in [0.15, 0.2) is 59.4 Å². The molecule has 0 bridgehead atoms. The first-order valence-corrected chi connectivity index (χ1v) is 10.2. The lowest BCUT2D eigenvalue weighted by molar-refractivity contribution is -0.119. The van der Waals surface area contributed by atoms with Crippen molar-refractivity contribution in [3.05, 3.63) is 75.5 Å². The lowest BCUT2D eigenvalue weighted by Crippen LogP contribution is -2.33. The third kappa shape index (κ3) is 5.38. The molecule has 31 heavy (non-hydrogen) atoms. The van der Waals surface area contributed by atoms with E-state index in [1.54, 1.807) is 39.0 Å². The van der Waals surface area contributed by atoms with Crippen molar-refractivity contribution in [2.24, 2.45) is 5.92 Å². The number of carbonyl (C=O) groups is 2. The predicted molar refractivity (Wildman–Crippen MR) is 122 cm³/mol. The van der Waals surface area contributed by atoms with Crippen LogP contribution in [0.2, 0.25) is 5.02 Å². The van der Waals surface area contributed by atoms with Crippen molar-refractivity contribution in [2.45, 2.75) is 27.3 Å². The quantitative estimate of drug-likeness (QED) is 0.605. The summed E-state index contributed by atoms with van der Waals surface area (Å²) in [5.41, 5.74) is 2.00. The van der Waals surface area contributed by atoms with E-state index in [1.807, 2.05) is 30.3 Å². The van der Waals surface area contributed by atoms with Gasteiger partial charge in [-0.2, -0.15) is 5.10 Å². The van der Waals surface area contributed by atoms with E-state index < -0.39 is 11.5 Å². The van der Waals surface area contributed by atoms with Crippen molar-refractivity contribution in [1.82, 2.24) is 9.78 Å². The van der Waals surface area contributed by atoms with Crippen molar-refractivity contribution in [1.29, 1.82) is 0 Å². The molecule has 2 amide bonds. The van der Waals surface area contributed by atoms with Crippen LogP contribution in [0.3, 0.4) is 0 Å². The van der Waals surface area contributed by atoms with Crippen molar-refractivity contribution in [2.75, 3.05) is 10.6 Å². The molecular formula is C23H23ClN4O3. The highest BCUT2D eigenvalue weighted by Gasteiger charge is 2.16. The van der Waals surface area contributed by atoms with E-state index in [-0.39, 0.29) is 24.1 Å². The van der Waals surface area contributed by atoms with Crippen LogP contribution in [-0.4, -0.2) is 21.6 Å². The van der Waals surface area contributed by atoms with Gasteiger partial charge in [-0.15, -0.1) is 0 Å². The summed E-state index contributed by atoms with van der Waals surface area (Å²) in [5, 5.41) is 10.3. The molecule has 2 N–H and O–H groups in total. The number of amides is 2. The number of halogens is 1. The Morgan fingerprint density at radius 3 is 2.42 bits per heavy atom. The van der Waals surface area contributed by atoms with Crippen molar-refractivity contribution < 1.29 is 9.59 Å². The third-order valence-corrected chi connectivity index (χ3v) is 5.07. The first-order chi connectivity index (χ1) is 14.8. The molecule has 8 heteroatoms. The second-order valence-corrected chi connectivity index (χ2v) is 7.78. The molecule has 160 valence electrons. The van der Waals surface area contributed by atoms with Gasteiger partial charge in [-0.05, 0) is 30.7 Å². The first-order valence-electron chi connectivity index (χ1n) is 9.79. The number of carbonyl (C=O) groups excluding carboxylic acids is 2. The average Bonchev–Trinajstić information content (AvgIpc) is 2.74. The molecular weight excluding hydrogens is 416 g/mol. The molecule has 3 aromatic rings. The fourth-order valence-electron chi connectivity index (χ4n) is 2.83. The summed E-state index contributed by atoms with van der Waals surface area (Å²) < 4.78 is 1.05. The Morgan fingerprint density at radius 1 is 1.03 bits per heavy atom. The second kappa shape index (κ2) is 9.57. The highest BCUT2D eigenvalue weighted by molar-refractivity contribution is 6.31. The van der Waals surface area contributed by atoms with E-state index in [4.69, 9.17) is 11.6 Å². The number of rotatable bonds is 6. The SMILES string of the molecule is Cc1c(Cl)cccc1NC(=O)Cn1nc(-c2ccccc2)cc(NC(=O)C(C)C)c1=O. The number of nitrogens with zero attached hydrogens (tertiary/aromatic N) is 2. The van der Waals surface area contributed by atoms with E-state index in [9.17, 15) is 14.4 Å². The maximum Gasteiger partial charge on any atom is 0.291 e. The monoisotopic (exact) mass is 438 g/mol. The fourth-order valence-corrected chi connectivity index (χ4v) is 3.01. The minimum atomic E-state index is -0.563. The Balaban J connectivity index is 1.96. The van der Waals surface area contributed by atoms with Crippen LogP contribution in [0.1, 0.15) is 19.4 Å². The smallest absolute Gasteiger partial charge is 0.291 e. The highest BCUT2D eigenvalue weighted by atomic mass is 35.5. The zero-order valence-corrected chi connectivity index (χ0v) is 18.2. The molecule has 0 fully saturated rings. The van der Waals surface area contributed by atoms with E-state index >= 15 is 0 Å². The van der Waals surface area contributed by atoms with Crippen molar-refractivity contribution in [3.63, 3.8) is 0 Å². The molecule has 0 unspecified atom stereocenters. The number of hydrogen-bond donors (Lipinski definition) is 2. The van der Waals surface area contributed by atoms with Crippen molar-refractivity contribution in [3.8, 4) is 11.3 Å². The molecule has 1 aromatic heterocycles. The zero-order chi connectivity index (χ0) is 22.5. The van der Waals surface area contributed by atoms with E-state index in [0.29, 0.717) is 16.4 Å². The lowest BCUT2D eigenvalue weighted by Gasteiger charge is -2.13. The Bertz CT molecular complexity index is 1170.